The molecule has 1 N–H and O–H groups in total. The third-order valence-corrected chi connectivity index (χ3v) is 6.66. The van der Waals surface area contributed by atoms with Crippen LogP contribution in [0.2, 0.25) is 0 Å². The molecular weight excluding hydrogens is 428 g/mol. The van der Waals surface area contributed by atoms with Gasteiger partial charge in [0.05, 0.1) is 18.2 Å². The second-order valence-electron chi connectivity index (χ2n) is 9.13. The number of rotatable bonds is 5. The normalized spacial score (nSPS) is 19.4. The standard InChI is InChI=1S/C28H30N2O4/c1-3-33-26-15-21-14-18(2)34-25(21)16-24(26)29-27(31)20-10-7-13-30(17-20)28(32)23-12-6-9-19-8-4-5-11-22(19)23/h4-6,8-9,11-12,15-16,18,20H,3,7,10,13-14,17H2,1-2H3,(H,29,31)/t18-,20-/m0/s1. The molecule has 2 amide bonds. The molecule has 0 spiro atoms. The minimum absolute atomic E-state index is 0.0239. The number of hydrogen-bond acceptors (Lipinski definition) is 4. The molecule has 0 bridgehead atoms. The maximum Gasteiger partial charge on any atom is 0.254 e. The van der Waals surface area contributed by atoms with Crippen LogP contribution in [-0.2, 0) is 11.2 Å². The number of piperidine rings is 1. The maximum atomic E-state index is 13.4. The van der Waals surface area contributed by atoms with Crippen molar-refractivity contribution in [2.45, 2.75) is 39.2 Å². The number of ether oxygens (including phenoxy) is 2. The van der Waals surface area contributed by atoms with Crippen LogP contribution in [0, 0.1) is 5.92 Å². The summed E-state index contributed by atoms with van der Waals surface area (Å²) in [7, 11) is 0. The van der Waals surface area contributed by atoms with Crippen LogP contribution in [-0.4, -0.2) is 42.5 Å². The smallest absolute Gasteiger partial charge is 0.254 e. The topological polar surface area (TPSA) is 67.9 Å². The van der Waals surface area contributed by atoms with Crippen molar-refractivity contribution >= 4 is 28.3 Å². The number of amides is 2. The number of fused-ring (bicyclic) bond motifs is 2. The third-order valence-electron chi connectivity index (χ3n) is 6.66. The van der Waals surface area contributed by atoms with Crippen LogP contribution in [0.3, 0.4) is 0 Å². The lowest BCUT2D eigenvalue weighted by Gasteiger charge is -2.32. The summed E-state index contributed by atoms with van der Waals surface area (Å²) >= 11 is 0. The molecular formula is C28H30N2O4. The Bertz CT molecular complexity index is 1230. The number of carbonyl (C=O) groups excluding carboxylic acids is 2. The molecule has 3 aromatic rings. The molecule has 34 heavy (non-hydrogen) atoms. The molecule has 1 saturated heterocycles. The zero-order chi connectivity index (χ0) is 23.7. The minimum Gasteiger partial charge on any atom is -0.492 e. The van der Waals surface area contributed by atoms with Gasteiger partial charge < -0.3 is 19.7 Å². The van der Waals surface area contributed by atoms with Gasteiger partial charge in [-0.15, -0.1) is 0 Å². The number of anilines is 1. The Morgan fingerprint density at radius 3 is 2.82 bits per heavy atom. The first kappa shape index (κ1) is 22.3. The highest BCUT2D eigenvalue weighted by atomic mass is 16.5. The number of nitrogens with zero attached hydrogens (tertiary/aromatic N) is 1. The molecule has 2 heterocycles. The quantitative estimate of drug-likeness (QED) is 0.581. The van der Waals surface area contributed by atoms with Gasteiger partial charge in [0.1, 0.15) is 17.6 Å². The van der Waals surface area contributed by atoms with Crippen LogP contribution in [0.4, 0.5) is 5.69 Å². The fourth-order valence-electron chi connectivity index (χ4n) is 5.00. The summed E-state index contributed by atoms with van der Waals surface area (Å²) in [6.45, 7) is 5.52. The van der Waals surface area contributed by atoms with Crippen LogP contribution < -0.4 is 14.8 Å². The molecule has 6 heteroatoms. The monoisotopic (exact) mass is 458 g/mol. The van der Waals surface area contributed by atoms with Gasteiger partial charge in [-0.05, 0) is 49.6 Å². The Hall–Kier alpha value is -3.54. The predicted octanol–water partition coefficient (Wildman–Crippen LogP) is 5.05. The van der Waals surface area contributed by atoms with E-state index in [9.17, 15) is 9.59 Å². The van der Waals surface area contributed by atoms with E-state index < -0.39 is 0 Å². The summed E-state index contributed by atoms with van der Waals surface area (Å²) in [5, 5.41) is 5.03. The van der Waals surface area contributed by atoms with E-state index in [2.05, 4.69) is 5.32 Å². The van der Waals surface area contributed by atoms with Crippen molar-refractivity contribution in [1.29, 1.82) is 0 Å². The Morgan fingerprint density at radius 1 is 1.15 bits per heavy atom. The van der Waals surface area contributed by atoms with E-state index in [1.807, 2.05) is 73.3 Å². The molecule has 176 valence electrons. The Labute approximate surface area is 199 Å². The second-order valence-corrected chi connectivity index (χ2v) is 9.13. The van der Waals surface area contributed by atoms with Crippen molar-refractivity contribution < 1.29 is 19.1 Å². The van der Waals surface area contributed by atoms with E-state index >= 15 is 0 Å². The Morgan fingerprint density at radius 2 is 1.97 bits per heavy atom. The molecule has 0 radical (unpaired) electrons. The molecule has 0 unspecified atom stereocenters. The number of benzene rings is 3. The van der Waals surface area contributed by atoms with Crippen LogP contribution in [0.5, 0.6) is 11.5 Å². The summed E-state index contributed by atoms with van der Waals surface area (Å²) in [6.07, 6.45) is 2.48. The first-order valence-corrected chi connectivity index (χ1v) is 12.1. The summed E-state index contributed by atoms with van der Waals surface area (Å²) in [4.78, 5) is 28.5. The van der Waals surface area contributed by atoms with Crippen LogP contribution in [0.25, 0.3) is 10.8 Å². The zero-order valence-corrected chi connectivity index (χ0v) is 19.7. The fourth-order valence-corrected chi connectivity index (χ4v) is 5.00. The lowest BCUT2D eigenvalue weighted by Crippen LogP contribution is -2.43. The predicted molar refractivity (Wildman–Crippen MR) is 133 cm³/mol. The fraction of sp³-hybridized carbons (Fsp3) is 0.357. The molecule has 5 rings (SSSR count). The Balaban J connectivity index is 1.33. The van der Waals surface area contributed by atoms with Crippen LogP contribution in [0.15, 0.2) is 54.6 Å². The largest absolute Gasteiger partial charge is 0.492 e. The highest BCUT2D eigenvalue weighted by molar-refractivity contribution is 6.07. The number of carbonyl (C=O) groups is 2. The highest BCUT2D eigenvalue weighted by Crippen LogP contribution is 2.38. The van der Waals surface area contributed by atoms with Crippen molar-refractivity contribution in [3.8, 4) is 11.5 Å². The lowest BCUT2D eigenvalue weighted by molar-refractivity contribution is -0.121. The first-order valence-electron chi connectivity index (χ1n) is 12.1. The van der Waals surface area contributed by atoms with Gasteiger partial charge in [0.25, 0.3) is 5.91 Å². The van der Waals surface area contributed by atoms with Crippen molar-refractivity contribution in [3.63, 3.8) is 0 Å². The summed E-state index contributed by atoms with van der Waals surface area (Å²) in [5.41, 5.74) is 2.40. The summed E-state index contributed by atoms with van der Waals surface area (Å²) < 4.78 is 11.7. The molecule has 6 nitrogen and oxygen atoms in total. The van der Waals surface area contributed by atoms with E-state index in [1.54, 1.807) is 0 Å². The van der Waals surface area contributed by atoms with Gasteiger partial charge in [-0.1, -0.05) is 36.4 Å². The van der Waals surface area contributed by atoms with Crippen molar-refractivity contribution in [2.75, 3.05) is 25.0 Å². The Kier molecular flexibility index (Phi) is 6.14. The molecule has 0 saturated carbocycles. The van der Waals surface area contributed by atoms with E-state index in [0.717, 1.165) is 41.3 Å². The summed E-state index contributed by atoms with van der Waals surface area (Å²) in [6, 6.07) is 17.5. The average molecular weight is 459 g/mol. The number of likely N-dealkylation sites (tertiary alicyclic amines) is 1. The molecule has 0 aliphatic carbocycles. The zero-order valence-electron chi connectivity index (χ0n) is 19.7. The second kappa shape index (κ2) is 9.37. The minimum atomic E-state index is -0.282. The van der Waals surface area contributed by atoms with Gasteiger partial charge in [0.15, 0.2) is 0 Å². The molecule has 0 aromatic heterocycles. The molecule has 2 aliphatic heterocycles. The van der Waals surface area contributed by atoms with Crippen LogP contribution >= 0.6 is 0 Å². The van der Waals surface area contributed by atoms with E-state index in [-0.39, 0.29) is 23.8 Å². The van der Waals surface area contributed by atoms with Gasteiger partial charge in [0, 0.05) is 36.7 Å². The molecule has 2 atom stereocenters. The van der Waals surface area contributed by atoms with Crippen molar-refractivity contribution in [1.82, 2.24) is 4.90 Å². The maximum absolute atomic E-state index is 13.4. The first-order chi connectivity index (χ1) is 16.5. The third kappa shape index (κ3) is 4.32. The average Bonchev–Trinajstić information content (AvgIpc) is 3.22. The van der Waals surface area contributed by atoms with Gasteiger partial charge in [-0.2, -0.15) is 0 Å². The van der Waals surface area contributed by atoms with E-state index in [4.69, 9.17) is 9.47 Å². The lowest BCUT2D eigenvalue weighted by atomic mass is 9.95. The molecule has 3 aromatic carbocycles. The van der Waals surface area contributed by atoms with Crippen molar-refractivity contribution in [2.24, 2.45) is 5.92 Å². The van der Waals surface area contributed by atoms with Crippen molar-refractivity contribution in [3.05, 3.63) is 65.7 Å². The van der Waals surface area contributed by atoms with E-state index in [0.29, 0.717) is 36.7 Å². The van der Waals surface area contributed by atoms with E-state index in [1.165, 1.54) is 0 Å². The van der Waals surface area contributed by atoms with Gasteiger partial charge >= 0.3 is 0 Å². The van der Waals surface area contributed by atoms with Gasteiger partial charge in [-0.25, -0.2) is 0 Å². The highest BCUT2D eigenvalue weighted by Gasteiger charge is 2.30. The van der Waals surface area contributed by atoms with Gasteiger partial charge in [0.2, 0.25) is 5.91 Å². The molecule has 2 aliphatic rings. The number of nitrogens with one attached hydrogen (secondary N) is 1. The van der Waals surface area contributed by atoms with Crippen LogP contribution in [0.1, 0.15) is 42.6 Å². The SMILES string of the molecule is CCOc1cc2c(cc1NC(=O)[C@H]1CCCN(C(=O)c3cccc4ccccc34)C1)O[C@@H](C)C2. The molecule has 1 fully saturated rings. The summed E-state index contributed by atoms with van der Waals surface area (Å²) in [5.74, 6) is 1.05. The van der Waals surface area contributed by atoms with Gasteiger partial charge in [-0.3, -0.25) is 9.59 Å². The number of hydrogen-bond donors (Lipinski definition) is 1.